The van der Waals surface area contributed by atoms with Gasteiger partial charge in [-0.15, -0.1) is 0 Å². The molecule has 2 aliphatic heterocycles. The Bertz CT molecular complexity index is 989. The van der Waals surface area contributed by atoms with Gasteiger partial charge < -0.3 is 13.9 Å². The molecule has 4 nitrogen and oxygen atoms in total. The monoisotopic (exact) mass is 319 g/mol. The minimum absolute atomic E-state index is 0.631. The Hall–Kier alpha value is -3.01. The van der Waals surface area contributed by atoms with E-state index in [0.717, 1.165) is 33.4 Å². The number of benzene rings is 2. The molecule has 24 heavy (non-hydrogen) atoms. The summed E-state index contributed by atoms with van der Waals surface area (Å²) in [6.45, 7) is 1.94. The van der Waals surface area contributed by atoms with Gasteiger partial charge in [0.25, 0.3) is 0 Å². The van der Waals surface area contributed by atoms with Crippen LogP contribution >= 0.6 is 0 Å². The second kappa shape index (κ2) is 5.57. The molecule has 4 heteroatoms. The summed E-state index contributed by atoms with van der Waals surface area (Å²) < 4.78 is 16.8. The second-order valence-corrected chi connectivity index (χ2v) is 5.64. The Kier molecular flexibility index (Phi) is 3.38. The molecule has 0 saturated carbocycles. The van der Waals surface area contributed by atoms with E-state index in [1.54, 1.807) is 14.2 Å². The highest BCUT2D eigenvalue weighted by Crippen LogP contribution is 2.41. The molecule has 0 saturated heterocycles. The highest BCUT2D eigenvalue weighted by atomic mass is 16.5. The lowest BCUT2D eigenvalue weighted by atomic mass is 10.0. The molecule has 0 fully saturated rings. The standard InChI is InChI=1S/C20H17NO3/c1-12-14-10-18(22-2)19(23-3)11-15(14)16-9-17(21-20(16)24-12)13-7-5-4-6-8-13/h4-11H,1-3H3. The van der Waals surface area contributed by atoms with Crippen molar-refractivity contribution in [1.29, 1.82) is 0 Å². The van der Waals surface area contributed by atoms with Crippen LogP contribution in [0.25, 0.3) is 33.5 Å². The number of hydrogen-bond acceptors (Lipinski definition) is 4. The lowest BCUT2D eigenvalue weighted by Crippen LogP contribution is -1.93. The van der Waals surface area contributed by atoms with Gasteiger partial charge in [0.15, 0.2) is 11.5 Å². The molecule has 0 aliphatic carbocycles. The van der Waals surface area contributed by atoms with Crippen LogP contribution in [0.4, 0.5) is 0 Å². The smallest absolute Gasteiger partial charge is 0.227 e. The van der Waals surface area contributed by atoms with Crippen LogP contribution in [-0.4, -0.2) is 19.2 Å². The molecule has 2 aromatic rings. The van der Waals surface area contributed by atoms with Crippen LogP contribution in [0.5, 0.6) is 11.5 Å². The highest BCUT2D eigenvalue weighted by Gasteiger charge is 2.20. The van der Waals surface area contributed by atoms with Crippen molar-refractivity contribution in [2.24, 2.45) is 0 Å². The molecule has 0 aromatic heterocycles. The Balaban J connectivity index is 2.02. The molecule has 0 N–H and O–H groups in total. The van der Waals surface area contributed by atoms with E-state index in [1.807, 2.05) is 49.4 Å². The number of hydrogen-bond donors (Lipinski definition) is 0. The third kappa shape index (κ3) is 2.19. The Morgan fingerprint density at radius 3 is 2.21 bits per heavy atom. The zero-order valence-electron chi connectivity index (χ0n) is 13.8. The normalized spacial score (nSPS) is 11.1. The maximum atomic E-state index is 5.94. The molecule has 0 atom stereocenters. The second-order valence-electron chi connectivity index (χ2n) is 5.64. The van der Waals surface area contributed by atoms with E-state index in [1.165, 1.54) is 0 Å². The topological polar surface area (TPSA) is 44.5 Å². The fourth-order valence-electron chi connectivity index (χ4n) is 3.02. The van der Waals surface area contributed by atoms with Crippen molar-refractivity contribution in [3.05, 3.63) is 54.3 Å². The summed E-state index contributed by atoms with van der Waals surface area (Å²) in [4.78, 5) is 4.65. The van der Waals surface area contributed by atoms with Crippen LogP contribution in [0, 0.1) is 6.92 Å². The van der Waals surface area contributed by atoms with Crippen LogP contribution in [0.2, 0.25) is 0 Å². The third-order valence-electron chi connectivity index (χ3n) is 4.25. The van der Waals surface area contributed by atoms with Crippen molar-refractivity contribution < 1.29 is 13.9 Å². The van der Waals surface area contributed by atoms with Gasteiger partial charge in [-0.3, -0.25) is 0 Å². The van der Waals surface area contributed by atoms with Crippen LogP contribution in [0.1, 0.15) is 5.76 Å². The van der Waals surface area contributed by atoms with E-state index in [2.05, 4.69) is 11.1 Å². The van der Waals surface area contributed by atoms with Crippen molar-refractivity contribution in [3.63, 3.8) is 0 Å². The minimum atomic E-state index is 0.631. The number of aryl methyl sites for hydroxylation is 1. The fraction of sp³-hybridized carbons (Fsp3) is 0.150. The first-order valence-electron chi connectivity index (χ1n) is 7.72. The molecule has 0 radical (unpaired) electrons. The van der Waals surface area contributed by atoms with Gasteiger partial charge in [0.2, 0.25) is 5.89 Å². The predicted octanol–water partition coefficient (Wildman–Crippen LogP) is 4.93. The van der Waals surface area contributed by atoms with E-state index in [0.29, 0.717) is 17.4 Å². The molecule has 0 bridgehead atoms. The van der Waals surface area contributed by atoms with Gasteiger partial charge >= 0.3 is 0 Å². The summed E-state index contributed by atoms with van der Waals surface area (Å²) >= 11 is 0. The van der Waals surface area contributed by atoms with Gasteiger partial charge in [-0.2, -0.15) is 0 Å². The van der Waals surface area contributed by atoms with Crippen molar-refractivity contribution in [3.8, 4) is 34.2 Å². The van der Waals surface area contributed by atoms with Crippen LogP contribution in [0.15, 0.2) is 52.9 Å². The Morgan fingerprint density at radius 2 is 1.54 bits per heavy atom. The van der Waals surface area contributed by atoms with Crippen molar-refractivity contribution in [2.45, 2.75) is 6.92 Å². The molecular weight excluding hydrogens is 302 g/mol. The van der Waals surface area contributed by atoms with Crippen molar-refractivity contribution >= 4 is 10.8 Å². The molecule has 0 amide bonds. The van der Waals surface area contributed by atoms with E-state index in [9.17, 15) is 0 Å². The average molecular weight is 319 g/mol. The molecule has 120 valence electrons. The molecule has 4 rings (SSSR count). The zero-order chi connectivity index (χ0) is 16.7. The number of methoxy groups -OCH3 is 2. The van der Waals surface area contributed by atoms with Gasteiger partial charge in [-0.05, 0) is 25.1 Å². The summed E-state index contributed by atoms with van der Waals surface area (Å²) in [6.07, 6.45) is 0. The number of fused-ring (bicyclic) bond motifs is 3. The van der Waals surface area contributed by atoms with Gasteiger partial charge in [0.05, 0.1) is 19.9 Å². The molecular formula is C20H17NO3. The Labute approximate surface area is 140 Å². The number of aromatic nitrogens is 1. The maximum Gasteiger partial charge on any atom is 0.227 e. The van der Waals surface area contributed by atoms with Crippen LogP contribution in [0.3, 0.4) is 0 Å². The maximum absolute atomic E-state index is 5.94. The lowest BCUT2D eigenvalue weighted by molar-refractivity contribution is 0.355. The van der Waals surface area contributed by atoms with Gasteiger partial charge in [-0.1, -0.05) is 30.3 Å². The van der Waals surface area contributed by atoms with E-state index < -0.39 is 0 Å². The molecule has 2 aromatic carbocycles. The first-order valence-corrected chi connectivity index (χ1v) is 7.72. The molecule has 2 aliphatic rings. The quantitative estimate of drug-likeness (QED) is 0.537. The van der Waals surface area contributed by atoms with Gasteiger partial charge in [-0.25, -0.2) is 4.98 Å². The number of nitrogens with zero attached hydrogens (tertiary/aromatic N) is 1. The van der Waals surface area contributed by atoms with E-state index >= 15 is 0 Å². The largest absolute Gasteiger partial charge is 0.493 e. The molecule has 0 unspecified atom stereocenters. The van der Waals surface area contributed by atoms with E-state index in [-0.39, 0.29) is 0 Å². The first-order chi connectivity index (χ1) is 11.7. The zero-order valence-corrected chi connectivity index (χ0v) is 13.8. The molecule has 2 heterocycles. The SMILES string of the molecule is COc1cc2c3cc(-c4ccccc4)nc-3oc(C)c2cc1OC. The van der Waals surface area contributed by atoms with Crippen LogP contribution < -0.4 is 9.47 Å². The first kappa shape index (κ1) is 14.6. The summed E-state index contributed by atoms with van der Waals surface area (Å²) in [5.41, 5.74) is 2.93. The number of ether oxygens (including phenoxy) is 2. The third-order valence-corrected chi connectivity index (χ3v) is 4.25. The number of rotatable bonds is 3. The summed E-state index contributed by atoms with van der Waals surface area (Å²) in [5.74, 6) is 2.81. The average Bonchev–Trinajstić information content (AvgIpc) is 3.05. The van der Waals surface area contributed by atoms with Crippen molar-refractivity contribution in [1.82, 2.24) is 4.98 Å². The molecule has 0 spiro atoms. The predicted molar refractivity (Wildman–Crippen MR) is 93.9 cm³/mol. The lowest BCUT2D eigenvalue weighted by Gasteiger charge is -2.12. The van der Waals surface area contributed by atoms with Gasteiger partial charge in [0.1, 0.15) is 5.76 Å². The Morgan fingerprint density at radius 1 is 0.875 bits per heavy atom. The van der Waals surface area contributed by atoms with E-state index in [4.69, 9.17) is 13.9 Å². The summed E-state index contributed by atoms with van der Waals surface area (Å²) in [5, 5.41) is 2.04. The van der Waals surface area contributed by atoms with Gasteiger partial charge in [0, 0.05) is 21.9 Å². The fourth-order valence-corrected chi connectivity index (χ4v) is 3.02. The highest BCUT2D eigenvalue weighted by molar-refractivity contribution is 5.99. The summed E-state index contributed by atoms with van der Waals surface area (Å²) in [6, 6.07) is 16.1. The minimum Gasteiger partial charge on any atom is -0.493 e. The van der Waals surface area contributed by atoms with Crippen LogP contribution in [-0.2, 0) is 0 Å². The summed E-state index contributed by atoms with van der Waals surface area (Å²) in [7, 11) is 3.27. The van der Waals surface area contributed by atoms with Crippen molar-refractivity contribution in [2.75, 3.05) is 14.2 Å².